The highest BCUT2D eigenvalue weighted by Gasteiger charge is 2.11. The largest absolute Gasteiger partial charge is 0.397 e. The fourth-order valence-electron chi connectivity index (χ4n) is 3.96. The number of para-hydroxylation sites is 2. The van der Waals surface area contributed by atoms with Gasteiger partial charge in [-0.05, 0) is 61.5 Å². The van der Waals surface area contributed by atoms with Crippen LogP contribution in [-0.4, -0.2) is 34.2 Å². The van der Waals surface area contributed by atoms with Crippen LogP contribution >= 0.6 is 11.6 Å². The molecule has 5 aromatic rings. The van der Waals surface area contributed by atoms with Crippen LogP contribution in [0.25, 0.3) is 22.3 Å². The van der Waals surface area contributed by atoms with E-state index in [0.717, 1.165) is 40.9 Å². The molecule has 0 bridgehead atoms. The van der Waals surface area contributed by atoms with E-state index in [1.54, 1.807) is 36.4 Å². The van der Waals surface area contributed by atoms with Crippen molar-refractivity contribution in [3.63, 3.8) is 0 Å². The number of halogens is 1. The lowest BCUT2D eigenvalue weighted by molar-refractivity contribution is -0.108. The maximum atomic E-state index is 12.0. The molecule has 1 aliphatic heterocycles. The van der Waals surface area contributed by atoms with Crippen molar-refractivity contribution in [2.75, 3.05) is 24.7 Å². The Bertz CT molecular complexity index is 1680. The molecule has 222 valence electrons. The minimum atomic E-state index is -0.948. The van der Waals surface area contributed by atoms with Gasteiger partial charge in [0.25, 0.3) is 10.8 Å². The number of ether oxygens (including phenoxy) is 1. The molecular formula is C34H35ClN4O4. The van der Waals surface area contributed by atoms with E-state index in [1.807, 2.05) is 74.5 Å². The summed E-state index contributed by atoms with van der Waals surface area (Å²) in [6, 6.07) is 29.1. The van der Waals surface area contributed by atoms with Crippen molar-refractivity contribution in [1.82, 2.24) is 9.97 Å². The summed E-state index contributed by atoms with van der Waals surface area (Å²) in [7, 11) is 0. The predicted octanol–water partition coefficient (Wildman–Crippen LogP) is 6.49. The first kappa shape index (κ1) is 32.7. The van der Waals surface area contributed by atoms with E-state index in [0.29, 0.717) is 22.6 Å². The molecule has 0 atom stereocenters. The highest BCUT2D eigenvalue weighted by Crippen LogP contribution is 2.18. The maximum absolute atomic E-state index is 12.0. The number of nitrogen functional groups attached to an aromatic ring is 2. The minimum Gasteiger partial charge on any atom is -0.397 e. The summed E-state index contributed by atoms with van der Waals surface area (Å²) in [6.07, 6.45) is 2.56. The quantitative estimate of drug-likeness (QED) is 0.0932. The maximum Gasteiger partial charge on any atom is 0.293 e. The fourth-order valence-corrected chi connectivity index (χ4v) is 4.07. The van der Waals surface area contributed by atoms with Crippen LogP contribution in [0.4, 0.5) is 11.4 Å². The van der Waals surface area contributed by atoms with Crippen molar-refractivity contribution in [3.8, 4) is 11.3 Å². The predicted molar refractivity (Wildman–Crippen MR) is 174 cm³/mol. The normalized spacial score (nSPS) is 11.6. The van der Waals surface area contributed by atoms with Gasteiger partial charge in [0.15, 0.2) is 0 Å². The van der Waals surface area contributed by atoms with Crippen LogP contribution in [0.15, 0.2) is 102 Å². The number of rotatable bonds is 3. The molecule has 4 aromatic carbocycles. The number of Topliss-reactive ketones (excluding diaryl/α,β-unsaturated/α-hetero) is 1. The molecule has 0 aliphatic carbocycles. The molecule has 1 aromatic heterocycles. The molecule has 6 rings (SSSR count). The lowest BCUT2D eigenvalue weighted by atomic mass is 10.1. The van der Waals surface area contributed by atoms with Crippen molar-refractivity contribution in [2.24, 2.45) is 0 Å². The number of nitrogens with one attached hydrogen (secondary N) is 1. The van der Waals surface area contributed by atoms with Gasteiger partial charge in [0.2, 0.25) is 5.78 Å². The Kier molecular flexibility index (Phi) is 12.6. The minimum absolute atomic E-state index is 0.153. The summed E-state index contributed by atoms with van der Waals surface area (Å²) in [4.78, 5) is 40.6. The number of carbonyl (C=O) groups excluding carboxylic acids is 2. The first-order valence-electron chi connectivity index (χ1n) is 13.7. The van der Waals surface area contributed by atoms with E-state index < -0.39 is 11.0 Å². The molecule has 0 amide bonds. The second-order valence-electron chi connectivity index (χ2n) is 9.62. The highest BCUT2D eigenvalue weighted by molar-refractivity contribution is 6.83. The lowest BCUT2D eigenvalue weighted by Crippen LogP contribution is -2.11. The van der Waals surface area contributed by atoms with E-state index >= 15 is 0 Å². The highest BCUT2D eigenvalue weighted by atomic mass is 35.5. The molecule has 9 heteroatoms. The van der Waals surface area contributed by atoms with Gasteiger partial charge < -0.3 is 21.2 Å². The SMILES string of the molecule is C1CCOC1.Cc1cccc(N)c1N.Cc1cccc2[nH]c(=O)c(-c3ccccc3)nc12.O=C(Cl)C(=O)c1ccccc1. The molecule has 43 heavy (non-hydrogen) atoms. The molecule has 0 unspecified atom stereocenters. The van der Waals surface area contributed by atoms with Crippen LogP contribution in [0.1, 0.15) is 34.3 Å². The number of aryl methyl sites for hydroxylation is 2. The van der Waals surface area contributed by atoms with Crippen molar-refractivity contribution in [1.29, 1.82) is 0 Å². The third-order valence-corrected chi connectivity index (χ3v) is 6.54. The van der Waals surface area contributed by atoms with Gasteiger partial charge in [-0.1, -0.05) is 84.9 Å². The Morgan fingerprint density at radius 1 is 0.791 bits per heavy atom. The van der Waals surface area contributed by atoms with Crippen LogP contribution in [-0.2, 0) is 9.53 Å². The third kappa shape index (κ3) is 9.92. The van der Waals surface area contributed by atoms with E-state index in [2.05, 4.69) is 9.97 Å². The molecule has 0 radical (unpaired) electrons. The van der Waals surface area contributed by atoms with Crippen molar-refractivity contribution < 1.29 is 14.3 Å². The monoisotopic (exact) mass is 598 g/mol. The molecular weight excluding hydrogens is 564 g/mol. The summed E-state index contributed by atoms with van der Waals surface area (Å²) >= 11 is 4.97. The average Bonchev–Trinajstić information content (AvgIpc) is 3.62. The Balaban J connectivity index is 0.000000173. The van der Waals surface area contributed by atoms with E-state index in [9.17, 15) is 14.4 Å². The zero-order valence-corrected chi connectivity index (χ0v) is 24.9. The average molecular weight is 599 g/mol. The number of carbonyl (C=O) groups is 2. The van der Waals surface area contributed by atoms with E-state index in [4.69, 9.17) is 27.8 Å². The number of aromatic amines is 1. The molecule has 8 nitrogen and oxygen atoms in total. The second kappa shape index (κ2) is 16.6. The summed E-state index contributed by atoms with van der Waals surface area (Å²) in [5.74, 6) is -0.660. The van der Waals surface area contributed by atoms with Gasteiger partial charge in [-0.3, -0.25) is 14.4 Å². The van der Waals surface area contributed by atoms with Crippen LogP contribution in [0, 0.1) is 13.8 Å². The zero-order valence-electron chi connectivity index (χ0n) is 24.2. The number of hydrogen-bond acceptors (Lipinski definition) is 7. The van der Waals surface area contributed by atoms with Gasteiger partial charge in [-0.25, -0.2) is 4.98 Å². The molecule has 0 spiro atoms. The van der Waals surface area contributed by atoms with Gasteiger partial charge in [0.1, 0.15) is 5.69 Å². The summed E-state index contributed by atoms with van der Waals surface area (Å²) in [6.45, 7) is 5.92. The fraction of sp³-hybridized carbons (Fsp3) is 0.176. The first-order chi connectivity index (χ1) is 20.7. The van der Waals surface area contributed by atoms with E-state index in [1.165, 1.54) is 12.8 Å². The van der Waals surface area contributed by atoms with Gasteiger partial charge in [-0.15, -0.1) is 0 Å². The second-order valence-corrected chi connectivity index (χ2v) is 9.96. The number of nitrogens with zero attached hydrogens (tertiary/aromatic N) is 1. The van der Waals surface area contributed by atoms with Crippen LogP contribution in [0.5, 0.6) is 0 Å². The molecule has 0 saturated carbocycles. The number of hydrogen-bond donors (Lipinski definition) is 3. The Morgan fingerprint density at radius 2 is 1.37 bits per heavy atom. The third-order valence-electron chi connectivity index (χ3n) is 6.37. The number of benzene rings is 4. The van der Waals surface area contributed by atoms with Crippen LogP contribution < -0.4 is 17.0 Å². The Hall–Kier alpha value is -4.79. The number of fused-ring (bicyclic) bond motifs is 1. The topological polar surface area (TPSA) is 141 Å². The van der Waals surface area contributed by atoms with Gasteiger partial charge >= 0.3 is 0 Å². The Morgan fingerprint density at radius 3 is 1.91 bits per heavy atom. The van der Waals surface area contributed by atoms with Crippen LogP contribution in [0.3, 0.4) is 0 Å². The summed E-state index contributed by atoms with van der Waals surface area (Å²) in [5.41, 5.74) is 17.6. The van der Waals surface area contributed by atoms with Crippen molar-refractivity contribution in [3.05, 3.63) is 124 Å². The molecule has 1 aliphatic rings. The number of anilines is 2. The number of H-pyrrole nitrogens is 1. The zero-order chi connectivity index (χ0) is 31.2. The van der Waals surface area contributed by atoms with Gasteiger partial charge in [0, 0.05) is 24.3 Å². The van der Waals surface area contributed by atoms with Gasteiger partial charge in [0.05, 0.1) is 22.4 Å². The standard InChI is InChI=1S/C15H12N2O.C8H5ClO2.C7H10N2.C4H8O/c1-10-6-5-9-12-13(10)17-14(15(18)16-12)11-7-3-2-4-8-11;9-8(11)7(10)6-4-2-1-3-5-6;1-5-3-2-4-6(8)7(5)9;1-2-4-5-3-1/h2-9H,1H3,(H,16,18);1-5H;2-4H,8-9H2,1H3;1-4H2. The molecule has 5 N–H and O–H groups in total. The Labute approximate surface area is 255 Å². The molecule has 1 fully saturated rings. The number of ketones is 1. The van der Waals surface area contributed by atoms with Crippen molar-refractivity contribution >= 4 is 45.0 Å². The van der Waals surface area contributed by atoms with Gasteiger partial charge in [-0.2, -0.15) is 0 Å². The smallest absolute Gasteiger partial charge is 0.293 e. The lowest BCUT2D eigenvalue weighted by Gasteiger charge is -2.04. The number of nitrogens with two attached hydrogens (primary N) is 2. The molecule has 1 saturated heterocycles. The molecule has 2 heterocycles. The number of aromatic nitrogens is 2. The first-order valence-corrected chi connectivity index (χ1v) is 14.1. The van der Waals surface area contributed by atoms with Crippen molar-refractivity contribution in [2.45, 2.75) is 26.7 Å². The summed E-state index contributed by atoms with van der Waals surface area (Å²) < 4.78 is 4.94. The van der Waals surface area contributed by atoms with Crippen LogP contribution in [0.2, 0.25) is 0 Å². The van der Waals surface area contributed by atoms with E-state index in [-0.39, 0.29) is 5.56 Å². The summed E-state index contributed by atoms with van der Waals surface area (Å²) in [5, 5.41) is -0.948.